The van der Waals surface area contributed by atoms with Crippen LogP contribution in [0.5, 0.6) is 0 Å². The van der Waals surface area contributed by atoms with Crippen molar-refractivity contribution in [2.45, 2.75) is 70.5 Å². The fourth-order valence-electron chi connectivity index (χ4n) is 7.60. The van der Waals surface area contributed by atoms with Gasteiger partial charge in [-0.2, -0.15) is 0 Å². The molecule has 47 heavy (non-hydrogen) atoms. The Morgan fingerprint density at radius 2 is 1.47 bits per heavy atom. The van der Waals surface area contributed by atoms with E-state index in [-0.39, 0.29) is 40.8 Å². The lowest BCUT2D eigenvalue weighted by Gasteiger charge is -2.50. The topological polar surface area (TPSA) is 29.5 Å². The van der Waals surface area contributed by atoms with Gasteiger partial charge in [0.05, 0.1) is 6.04 Å². The fraction of sp³-hybridized carbons (Fsp3) is 0.341. The summed E-state index contributed by atoms with van der Waals surface area (Å²) in [6.45, 7) is 15.8. The molecule has 0 spiro atoms. The van der Waals surface area contributed by atoms with Gasteiger partial charge in [-0.1, -0.05) is 142 Å². The first-order valence-electron chi connectivity index (χ1n) is 16.7. The van der Waals surface area contributed by atoms with Gasteiger partial charge in [-0.15, -0.1) is 6.58 Å². The van der Waals surface area contributed by atoms with Gasteiger partial charge in [-0.05, 0) is 70.6 Å². The molecule has 246 valence electrons. The third-order valence-electron chi connectivity index (χ3n) is 9.97. The molecule has 5 rings (SSSR count). The molecule has 1 aliphatic heterocycles. The molecule has 3 unspecified atom stereocenters. The van der Waals surface area contributed by atoms with Gasteiger partial charge in [-0.25, -0.2) is 0 Å². The summed E-state index contributed by atoms with van der Waals surface area (Å²) in [5.74, 6) is 0.0902. The first-order valence-corrected chi connectivity index (χ1v) is 19.3. The van der Waals surface area contributed by atoms with E-state index in [0.717, 1.165) is 17.5 Å². The number of halogens is 2. The molecular weight excluding hydrogens is 637 g/mol. The van der Waals surface area contributed by atoms with Crippen LogP contribution in [-0.2, 0) is 9.22 Å². The number of hydrogen-bond acceptors (Lipinski definition) is 2. The summed E-state index contributed by atoms with van der Waals surface area (Å²) in [4.78, 5) is 16.5. The maximum absolute atomic E-state index is 14.4. The largest absolute Gasteiger partial charge is 0.407 e. The zero-order chi connectivity index (χ0) is 33.8. The maximum Gasteiger partial charge on any atom is 0.261 e. The lowest BCUT2D eigenvalue weighted by atomic mass is 9.75. The number of nitrogens with zero attached hydrogens (tertiary/aromatic N) is 1. The average Bonchev–Trinajstić information content (AvgIpc) is 3.06. The van der Waals surface area contributed by atoms with Gasteiger partial charge >= 0.3 is 0 Å². The van der Waals surface area contributed by atoms with Gasteiger partial charge in [0.2, 0.25) is 5.91 Å². The van der Waals surface area contributed by atoms with E-state index in [4.69, 9.17) is 27.6 Å². The third kappa shape index (κ3) is 7.32. The van der Waals surface area contributed by atoms with Crippen LogP contribution >= 0.6 is 23.2 Å². The number of amides is 1. The van der Waals surface area contributed by atoms with E-state index in [1.54, 1.807) is 0 Å². The summed E-state index contributed by atoms with van der Waals surface area (Å²) >= 11 is 12.9. The zero-order valence-corrected chi connectivity index (χ0v) is 30.7. The van der Waals surface area contributed by atoms with Crippen LogP contribution in [0.4, 0.5) is 0 Å². The molecule has 1 saturated heterocycles. The van der Waals surface area contributed by atoms with Crippen molar-refractivity contribution in [1.29, 1.82) is 0 Å². The average molecular weight is 685 g/mol. The van der Waals surface area contributed by atoms with Crippen LogP contribution in [0, 0.1) is 11.8 Å². The molecular formula is C41H47Cl2NO2Si. The van der Waals surface area contributed by atoms with Crippen LogP contribution in [0.2, 0.25) is 15.1 Å². The smallest absolute Gasteiger partial charge is 0.261 e. The van der Waals surface area contributed by atoms with Gasteiger partial charge in [0.15, 0.2) is 0 Å². The number of rotatable bonds is 11. The Kier molecular flexibility index (Phi) is 11.2. The number of hydrogen-bond donors (Lipinski definition) is 0. The fourth-order valence-corrected chi connectivity index (χ4v) is 12.5. The van der Waals surface area contributed by atoms with E-state index in [2.05, 4.69) is 125 Å². The number of benzene rings is 4. The van der Waals surface area contributed by atoms with Crippen molar-refractivity contribution < 1.29 is 9.22 Å². The lowest BCUT2D eigenvalue weighted by molar-refractivity contribution is -0.147. The quantitative estimate of drug-likeness (QED) is 0.116. The number of carbonyl (C=O) groups excluding carboxylic acids is 1. The number of piperidine rings is 1. The normalized spacial score (nSPS) is 20.1. The van der Waals surface area contributed by atoms with Crippen LogP contribution in [0.25, 0.3) is 0 Å². The van der Waals surface area contributed by atoms with E-state index in [1.165, 1.54) is 10.4 Å². The van der Waals surface area contributed by atoms with Gasteiger partial charge in [0.25, 0.3) is 8.32 Å². The standard InChI is InChI=1S/C41H47Cl2NO2Si/c1-7-15-33(28-46-47(41(4,5)6,36-18-10-8-11-19-36)37-20-12-9-13-21-37)30(3)44-39(31-22-24-34(42)25-23-31)38(26-29(2)40(44)45)32-16-14-17-35(43)27-32/h7-14,16-25,27,29-30,33,38-39H,1,15,26,28H2,2-6H3/t29?,30-,33+,38?,39?/m1/s1. The minimum atomic E-state index is -2.79. The van der Waals surface area contributed by atoms with Gasteiger partial charge in [0, 0.05) is 40.4 Å². The number of allylic oxidation sites excluding steroid dienone is 1. The van der Waals surface area contributed by atoms with E-state index >= 15 is 0 Å². The molecule has 1 heterocycles. The van der Waals surface area contributed by atoms with Gasteiger partial charge in [-0.3, -0.25) is 4.79 Å². The Morgan fingerprint density at radius 3 is 2.00 bits per heavy atom. The molecule has 0 N–H and O–H groups in total. The molecule has 5 atom stereocenters. The first kappa shape index (κ1) is 35.2. The molecule has 0 aromatic heterocycles. The monoisotopic (exact) mass is 683 g/mol. The van der Waals surface area contributed by atoms with Gasteiger partial charge in [0.1, 0.15) is 0 Å². The molecule has 4 aromatic carbocycles. The van der Waals surface area contributed by atoms with E-state index in [0.29, 0.717) is 23.1 Å². The molecule has 1 aliphatic rings. The summed E-state index contributed by atoms with van der Waals surface area (Å²) < 4.78 is 7.46. The first-order chi connectivity index (χ1) is 22.5. The molecule has 1 amide bonds. The van der Waals surface area contributed by atoms with Crippen LogP contribution in [-0.4, -0.2) is 31.8 Å². The molecule has 0 saturated carbocycles. The van der Waals surface area contributed by atoms with E-state index in [9.17, 15) is 4.79 Å². The number of carbonyl (C=O) groups is 1. The summed E-state index contributed by atoms with van der Waals surface area (Å²) in [7, 11) is -2.79. The SMILES string of the molecule is C=CC[C@@H](CO[Si](c1ccccc1)(c1ccccc1)C(C)(C)C)[C@@H](C)N1C(=O)C(C)CC(c2cccc(Cl)c2)C1c1ccc(Cl)cc1. The maximum atomic E-state index is 14.4. The zero-order valence-electron chi connectivity index (χ0n) is 28.2. The van der Waals surface area contributed by atoms with Crippen molar-refractivity contribution in [3.05, 3.63) is 143 Å². The lowest BCUT2D eigenvalue weighted by Crippen LogP contribution is -2.67. The predicted octanol–water partition coefficient (Wildman–Crippen LogP) is 9.84. The predicted molar refractivity (Wildman–Crippen MR) is 200 cm³/mol. The van der Waals surface area contributed by atoms with Crippen molar-refractivity contribution in [3.8, 4) is 0 Å². The van der Waals surface area contributed by atoms with Crippen molar-refractivity contribution in [2.24, 2.45) is 11.8 Å². The molecule has 0 aliphatic carbocycles. The summed E-state index contributed by atoms with van der Waals surface area (Å²) in [6, 6.07) is 37.2. The second-order valence-electron chi connectivity index (χ2n) is 14.0. The van der Waals surface area contributed by atoms with Crippen LogP contribution in [0.3, 0.4) is 0 Å². The number of likely N-dealkylation sites (tertiary alicyclic amines) is 1. The Morgan fingerprint density at radius 1 is 0.872 bits per heavy atom. The van der Waals surface area contributed by atoms with Gasteiger partial charge < -0.3 is 9.33 Å². The molecule has 3 nitrogen and oxygen atoms in total. The van der Waals surface area contributed by atoms with Crippen molar-refractivity contribution in [2.75, 3.05) is 6.61 Å². The Balaban J connectivity index is 1.58. The van der Waals surface area contributed by atoms with E-state index < -0.39 is 8.32 Å². The van der Waals surface area contributed by atoms with Crippen molar-refractivity contribution in [3.63, 3.8) is 0 Å². The highest BCUT2D eigenvalue weighted by atomic mass is 35.5. The minimum Gasteiger partial charge on any atom is -0.407 e. The molecule has 0 bridgehead atoms. The summed E-state index contributed by atoms with van der Waals surface area (Å²) in [5.41, 5.74) is 2.20. The second-order valence-corrected chi connectivity index (χ2v) is 19.2. The highest BCUT2D eigenvalue weighted by Gasteiger charge is 2.51. The highest BCUT2D eigenvalue weighted by Crippen LogP contribution is 2.47. The molecule has 4 aromatic rings. The van der Waals surface area contributed by atoms with Crippen LogP contribution < -0.4 is 10.4 Å². The molecule has 1 fully saturated rings. The highest BCUT2D eigenvalue weighted by molar-refractivity contribution is 6.99. The second kappa shape index (κ2) is 14.9. The van der Waals surface area contributed by atoms with Crippen molar-refractivity contribution in [1.82, 2.24) is 4.90 Å². The van der Waals surface area contributed by atoms with Crippen LogP contribution in [0.1, 0.15) is 70.5 Å². The third-order valence-corrected chi connectivity index (χ3v) is 15.5. The Labute approximate surface area is 292 Å². The van der Waals surface area contributed by atoms with E-state index in [1.807, 2.05) is 36.4 Å². The summed E-state index contributed by atoms with van der Waals surface area (Å²) in [5, 5.41) is 3.70. The minimum absolute atomic E-state index is 0.0122. The molecule has 6 heteroatoms. The van der Waals surface area contributed by atoms with Crippen molar-refractivity contribution >= 4 is 47.8 Å². The Bertz CT molecular complexity index is 1600. The van der Waals surface area contributed by atoms with Crippen LogP contribution in [0.15, 0.2) is 122 Å². The summed E-state index contributed by atoms with van der Waals surface area (Å²) in [6.07, 6.45) is 3.42. The molecule has 0 radical (unpaired) electrons. The Hall–Kier alpha value is -3.15.